The van der Waals surface area contributed by atoms with Gasteiger partial charge in [0.2, 0.25) is 0 Å². The summed E-state index contributed by atoms with van der Waals surface area (Å²) in [7, 11) is 0. The molecule has 1 aliphatic carbocycles. The molecule has 0 saturated carbocycles. The first-order valence-electron chi connectivity index (χ1n) is 7.36. The standard InChI is InChI=1S/C16H23NO2/c1-15(2)10-12-18-16(19-15)8-3-6-14-13(7-9-16)5-4-11-17-14/h4-5,11H,3,6-10,12H2,1-2H3. The van der Waals surface area contributed by atoms with Crippen LogP contribution in [0, 0.1) is 0 Å². The van der Waals surface area contributed by atoms with Crippen molar-refractivity contribution in [1.29, 1.82) is 0 Å². The fourth-order valence-corrected chi connectivity index (χ4v) is 3.21. The van der Waals surface area contributed by atoms with Crippen molar-refractivity contribution in [3.63, 3.8) is 0 Å². The molecule has 3 rings (SSSR count). The number of pyridine rings is 1. The van der Waals surface area contributed by atoms with Crippen LogP contribution in [0.15, 0.2) is 18.3 Å². The molecule has 0 N–H and O–H groups in total. The minimum Gasteiger partial charge on any atom is -0.350 e. The SMILES string of the molecule is CC1(C)CCOC2(CCCc3ncccc3CC2)O1. The molecule has 2 aliphatic rings. The third-order valence-corrected chi connectivity index (χ3v) is 4.26. The average Bonchev–Trinajstić information content (AvgIpc) is 2.34. The lowest BCUT2D eigenvalue weighted by Crippen LogP contribution is -2.49. The van der Waals surface area contributed by atoms with E-state index < -0.39 is 0 Å². The van der Waals surface area contributed by atoms with Gasteiger partial charge in [0.05, 0.1) is 12.2 Å². The molecule has 0 aromatic carbocycles. The van der Waals surface area contributed by atoms with Gasteiger partial charge in [0.1, 0.15) is 0 Å². The zero-order valence-corrected chi connectivity index (χ0v) is 11.9. The predicted octanol–water partition coefficient (Wildman–Crippen LogP) is 3.26. The van der Waals surface area contributed by atoms with Crippen LogP contribution in [0.25, 0.3) is 0 Å². The molecule has 2 heterocycles. The Bertz CT molecular complexity index is 458. The minimum absolute atomic E-state index is 0.0603. The Balaban J connectivity index is 1.80. The van der Waals surface area contributed by atoms with Crippen molar-refractivity contribution in [2.24, 2.45) is 0 Å². The first-order valence-corrected chi connectivity index (χ1v) is 7.36. The molecule has 1 spiro atoms. The number of fused-ring (bicyclic) bond motifs is 1. The van der Waals surface area contributed by atoms with Gasteiger partial charge in [0.25, 0.3) is 0 Å². The Labute approximate surface area is 115 Å². The summed E-state index contributed by atoms with van der Waals surface area (Å²) in [5.41, 5.74) is 2.56. The lowest BCUT2D eigenvalue weighted by Gasteiger charge is -2.46. The Kier molecular flexibility index (Phi) is 3.35. The van der Waals surface area contributed by atoms with Crippen LogP contribution < -0.4 is 0 Å². The Hall–Kier alpha value is -0.930. The molecular formula is C16H23NO2. The number of aryl methyl sites for hydroxylation is 2. The van der Waals surface area contributed by atoms with Crippen LogP contribution in [0.4, 0.5) is 0 Å². The van der Waals surface area contributed by atoms with Crippen LogP contribution in [0.5, 0.6) is 0 Å². The van der Waals surface area contributed by atoms with Crippen molar-refractivity contribution in [3.8, 4) is 0 Å². The second kappa shape index (κ2) is 4.88. The van der Waals surface area contributed by atoms with Crippen LogP contribution in [-0.2, 0) is 22.3 Å². The third-order valence-electron chi connectivity index (χ3n) is 4.26. The number of ether oxygens (including phenoxy) is 2. The summed E-state index contributed by atoms with van der Waals surface area (Å²) in [6.07, 6.45) is 7.91. The molecule has 0 amide bonds. The highest BCUT2D eigenvalue weighted by molar-refractivity contribution is 5.21. The summed E-state index contributed by atoms with van der Waals surface area (Å²) in [5.74, 6) is -0.366. The smallest absolute Gasteiger partial charge is 0.169 e. The third kappa shape index (κ3) is 2.82. The van der Waals surface area contributed by atoms with Crippen molar-refractivity contribution in [2.45, 2.75) is 63.8 Å². The van der Waals surface area contributed by atoms with E-state index in [1.807, 2.05) is 12.3 Å². The molecule has 1 fully saturated rings. The lowest BCUT2D eigenvalue weighted by molar-refractivity contribution is -0.325. The molecule has 3 nitrogen and oxygen atoms in total. The first kappa shape index (κ1) is 13.1. The second-order valence-corrected chi connectivity index (χ2v) is 6.33. The van der Waals surface area contributed by atoms with E-state index in [9.17, 15) is 0 Å². The number of hydrogen-bond donors (Lipinski definition) is 0. The zero-order chi connectivity index (χ0) is 13.3. The molecule has 1 atom stereocenters. The van der Waals surface area contributed by atoms with Crippen molar-refractivity contribution >= 4 is 0 Å². The van der Waals surface area contributed by atoms with Crippen molar-refractivity contribution < 1.29 is 9.47 Å². The first-order chi connectivity index (χ1) is 9.09. The van der Waals surface area contributed by atoms with Crippen LogP contribution in [0.3, 0.4) is 0 Å². The highest BCUT2D eigenvalue weighted by atomic mass is 16.7. The van der Waals surface area contributed by atoms with Gasteiger partial charge in [-0.2, -0.15) is 0 Å². The summed E-state index contributed by atoms with van der Waals surface area (Å²) < 4.78 is 12.4. The summed E-state index contributed by atoms with van der Waals surface area (Å²) in [5, 5.41) is 0. The Morgan fingerprint density at radius 2 is 2.05 bits per heavy atom. The van der Waals surface area contributed by atoms with Crippen LogP contribution in [0.2, 0.25) is 0 Å². The molecule has 3 heteroatoms. The molecule has 1 aromatic heterocycles. The van der Waals surface area contributed by atoms with Gasteiger partial charge in [-0.05, 0) is 51.2 Å². The fourth-order valence-electron chi connectivity index (χ4n) is 3.21. The monoisotopic (exact) mass is 261 g/mol. The van der Waals surface area contributed by atoms with Crippen molar-refractivity contribution in [2.75, 3.05) is 6.61 Å². The number of rotatable bonds is 0. The normalized spacial score (nSPS) is 30.4. The molecule has 1 aromatic rings. The highest BCUT2D eigenvalue weighted by Gasteiger charge is 2.42. The summed E-state index contributed by atoms with van der Waals surface area (Å²) in [6, 6.07) is 4.22. The second-order valence-electron chi connectivity index (χ2n) is 6.33. The summed E-state index contributed by atoms with van der Waals surface area (Å²) in [4.78, 5) is 4.50. The molecule has 1 aliphatic heterocycles. The Morgan fingerprint density at radius 1 is 1.16 bits per heavy atom. The maximum absolute atomic E-state index is 6.31. The van der Waals surface area contributed by atoms with Crippen molar-refractivity contribution in [1.82, 2.24) is 4.98 Å². The van der Waals surface area contributed by atoms with Gasteiger partial charge in [0, 0.05) is 24.7 Å². The maximum Gasteiger partial charge on any atom is 0.169 e. The van der Waals surface area contributed by atoms with Gasteiger partial charge >= 0.3 is 0 Å². The minimum atomic E-state index is -0.366. The quantitative estimate of drug-likeness (QED) is 0.718. The van der Waals surface area contributed by atoms with Gasteiger partial charge in [-0.3, -0.25) is 4.98 Å². The van der Waals surface area contributed by atoms with E-state index in [0.29, 0.717) is 0 Å². The molecule has 0 bridgehead atoms. The molecule has 0 radical (unpaired) electrons. The van der Waals surface area contributed by atoms with Crippen LogP contribution in [0.1, 0.15) is 50.8 Å². The molecule has 1 saturated heterocycles. The molecule has 1 unspecified atom stereocenters. The summed E-state index contributed by atoms with van der Waals surface area (Å²) >= 11 is 0. The Morgan fingerprint density at radius 3 is 2.89 bits per heavy atom. The zero-order valence-electron chi connectivity index (χ0n) is 11.9. The maximum atomic E-state index is 6.31. The van der Waals surface area contributed by atoms with E-state index in [2.05, 4.69) is 24.9 Å². The van der Waals surface area contributed by atoms with Gasteiger partial charge in [0.15, 0.2) is 5.79 Å². The average molecular weight is 261 g/mol. The lowest BCUT2D eigenvalue weighted by atomic mass is 9.91. The predicted molar refractivity (Wildman–Crippen MR) is 74.0 cm³/mol. The summed E-state index contributed by atoms with van der Waals surface area (Å²) in [6.45, 7) is 5.16. The van der Waals surface area contributed by atoms with E-state index in [-0.39, 0.29) is 11.4 Å². The van der Waals surface area contributed by atoms with Gasteiger partial charge in [-0.15, -0.1) is 0 Å². The molecular weight excluding hydrogens is 238 g/mol. The largest absolute Gasteiger partial charge is 0.350 e. The topological polar surface area (TPSA) is 31.4 Å². The van der Waals surface area contributed by atoms with E-state index in [4.69, 9.17) is 9.47 Å². The highest BCUT2D eigenvalue weighted by Crippen LogP contribution is 2.38. The van der Waals surface area contributed by atoms with Crippen LogP contribution >= 0.6 is 0 Å². The number of hydrogen-bond acceptors (Lipinski definition) is 3. The van der Waals surface area contributed by atoms with Crippen LogP contribution in [-0.4, -0.2) is 23.0 Å². The van der Waals surface area contributed by atoms with Crippen molar-refractivity contribution in [3.05, 3.63) is 29.6 Å². The fraction of sp³-hybridized carbons (Fsp3) is 0.688. The number of nitrogens with zero attached hydrogens (tertiary/aromatic N) is 1. The van der Waals surface area contributed by atoms with E-state index >= 15 is 0 Å². The van der Waals surface area contributed by atoms with E-state index in [1.165, 1.54) is 11.3 Å². The molecule has 104 valence electrons. The van der Waals surface area contributed by atoms with Gasteiger partial charge < -0.3 is 9.47 Å². The number of aromatic nitrogens is 1. The van der Waals surface area contributed by atoms with E-state index in [1.54, 1.807) is 0 Å². The van der Waals surface area contributed by atoms with Gasteiger partial charge in [-0.1, -0.05) is 6.07 Å². The van der Waals surface area contributed by atoms with E-state index in [0.717, 1.165) is 45.1 Å². The van der Waals surface area contributed by atoms with Gasteiger partial charge in [-0.25, -0.2) is 0 Å². The molecule has 19 heavy (non-hydrogen) atoms.